The topological polar surface area (TPSA) is 108 Å². The van der Waals surface area contributed by atoms with Crippen LogP contribution in [0, 0.1) is 11.7 Å². The second-order valence-corrected chi connectivity index (χ2v) is 9.60. The number of aliphatic hydroxyl groups is 1. The minimum absolute atomic E-state index is 0.0416. The molecule has 1 aromatic carbocycles. The summed E-state index contributed by atoms with van der Waals surface area (Å²) in [5, 5.41) is 13.4. The number of carbonyl (C=O) groups is 1. The summed E-state index contributed by atoms with van der Waals surface area (Å²) < 4.78 is 67.9. The van der Waals surface area contributed by atoms with E-state index in [0.29, 0.717) is 18.5 Å². The molecule has 1 amide bonds. The number of rotatable bonds is 9. The molecule has 2 aliphatic rings. The Kier molecular flexibility index (Phi) is 8.12. The number of benzene rings is 1. The van der Waals surface area contributed by atoms with Crippen LogP contribution in [0.15, 0.2) is 30.6 Å². The zero-order chi connectivity index (χ0) is 26.7. The van der Waals surface area contributed by atoms with Crippen LogP contribution in [0.2, 0.25) is 0 Å². The SMILES string of the molecule is NC(=O)CN1CC[C@H](CNc2ncnc(N(Cc3ccc(C(F)(F)F)cc3)C3CC(F)C3)c2F)[C@@H](O)C1. The van der Waals surface area contributed by atoms with Crippen molar-refractivity contribution in [3.05, 3.63) is 47.5 Å². The van der Waals surface area contributed by atoms with Crippen LogP contribution in [0.3, 0.4) is 0 Å². The molecule has 4 N–H and O–H groups in total. The van der Waals surface area contributed by atoms with Gasteiger partial charge in [0.2, 0.25) is 11.7 Å². The van der Waals surface area contributed by atoms with Crippen molar-refractivity contribution in [1.82, 2.24) is 14.9 Å². The standard InChI is InChI=1S/C24H29F5N6O2/c25-17-7-18(8-17)35(10-14-1-3-16(4-2-14)24(27,28)29)23-21(26)22(32-13-33-23)31-9-15-5-6-34(11-19(15)36)12-20(30)37/h1-4,13,15,17-19,36H,5-12H2,(H2,30,37)(H,31,32,33)/t15-,17?,18?,19+/m1/s1. The number of nitrogens with zero attached hydrogens (tertiary/aromatic N) is 4. The van der Waals surface area contributed by atoms with Crippen molar-refractivity contribution in [2.24, 2.45) is 11.7 Å². The van der Waals surface area contributed by atoms with Crippen LogP contribution in [0.5, 0.6) is 0 Å². The fourth-order valence-electron chi connectivity index (χ4n) is 4.71. The van der Waals surface area contributed by atoms with Crippen LogP contribution < -0.4 is 16.0 Å². The van der Waals surface area contributed by atoms with Gasteiger partial charge in [-0.3, -0.25) is 9.69 Å². The molecule has 2 atom stereocenters. The maximum absolute atomic E-state index is 15.5. The number of hydrogen-bond donors (Lipinski definition) is 3. The number of primary amides is 1. The summed E-state index contributed by atoms with van der Waals surface area (Å²) >= 11 is 0. The Hall–Kier alpha value is -3.06. The van der Waals surface area contributed by atoms with Crippen LogP contribution in [-0.4, -0.2) is 70.4 Å². The van der Waals surface area contributed by atoms with Gasteiger partial charge in [0.1, 0.15) is 12.5 Å². The fourth-order valence-corrected chi connectivity index (χ4v) is 4.71. The first-order valence-electron chi connectivity index (χ1n) is 12.0. The van der Waals surface area contributed by atoms with E-state index in [-0.39, 0.29) is 62.6 Å². The first kappa shape index (κ1) is 27.0. The quantitative estimate of drug-likeness (QED) is 0.430. The van der Waals surface area contributed by atoms with Gasteiger partial charge in [0.25, 0.3) is 0 Å². The van der Waals surface area contributed by atoms with Gasteiger partial charge < -0.3 is 21.1 Å². The van der Waals surface area contributed by atoms with Gasteiger partial charge in [0, 0.05) is 31.6 Å². The highest BCUT2D eigenvalue weighted by molar-refractivity contribution is 5.75. The third-order valence-electron chi connectivity index (χ3n) is 6.89. The van der Waals surface area contributed by atoms with Crippen molar-refractivity contribution in [1.29, 1.82) is 0 Å². The monoisotopic (exact) mass is 528 g/mol. The van der Waals surface area contributed by atoms with E-state index in [4.69, 9.17) is 5.73 Å². The number of anilines is 2. The molecule has 0 spiro atoms. The predicted octanol–water partition coefficient (Wildman–Crippen LogP) is 2.72. The molecule has 2 aromatic rings. The Bertz CT molecular complexity index is 1080. The second kappa shape index (κ2) is 11.1. The minimum atomic E-state index is -4.47. The van der Waals surface area contributed by atoms with Crippen LogP contribution in [-0.2, 0) is 17.5 Å². The Balaban J connectivity index is 1.46. The molecule has 1 aliphatic carbocycles. The largest absolute Gasteiger partial charge is 0.416 e. The van der Waals surface area contributed by atoms with Gasteiger partial charge in [-0.05, 0) is 43.5 Å². The molecule has 0 bridgehead atoms. The zero-order valence-electron chi connectivity index (χ0n) is 20.0. The number of hydrogen-bond acceptors (Lipinski definition) is 7. The van der Waals surface area contributed by atoms with Crippen molar-refractivity contribution in [2.75, 3.05) is 36.4 Å². The smallest absolute Gasteiger partial charge is 0.391 e. The number of alkyl halides is 4. The summed E-state index contributed by atoms with van der Waals surface area (Å²) in [6.45, 7) is 1.13. The van der Waals surface area contributed by atoms with E-state index in [1.807, 2.05) is 0 Å². The molecular formula is C24H29F5N6O2. The van der Waals surface area contributed by atoms with Crippen LogP contribution in [0.1, 0.15) is 30.4 Å². The number of nitrogens with one attached hydrogen (secondary N) is 1. The van der Waals surface area contributed by atoms with E-state index in [1.54, 1.807) is 9.80 Å². The van der Waals surface area contributed by atoms with Crippen molar-refractivity contribution in [3.8, 4) is 0 Å². The summed E-state index contributed by atoms with van der Waals surface area (Å²) in [7, 11) is 0. The molecule has 13 heteroatoms. The van der Waals surface area contributed by atoms with Crippen molar-refractivity contribution in [3.63, 3.8) is 0 Å². The Morgan fingerprint density at radius 1 is 1.22 bits per heavy atom. The van der Waals surface area contributed by atoms with Crippen LogP contribution in [0.25, 0.3) is 0 Å². The average Bonchev–Trinajstić information content (AvgIpc) is 2.80. The average molecular weight is 529 g/mol. The summed E-state index contributed by atoms with van der Waals surface area (Å²) in [6, 6.07) is 4.16. The molecule has 8 nitrogen and oxygen atoms in total. The molecule has 4 rings (SSSR count). The molecule has 37 heavy (non-hydrogen) atoms. The van der Waals surface area contributed by atoms with E-state index in [2.05, 4.69) is 15.3 Å². The third-order valence-corrected chi connectivity index (χ3v) is 6.89. The molecule has 2 fully saturated rings. The Labute approximate surface area is 210 Å². The van der Waals surface area contributed by atoms with E-state index in [1.165, 1.54) is 12.1 Å². The zero-order valence-corrected chi connectivity index (χ0v) is 20.0. The number of likely N-dealkylation sites (tertiary alicyclic amines) is 1. The highest BCUT2D eigenvalue weighted by Gasteiger charge is 2.37. The lowest BCUT2D eigenvalue weighted by molar-refractivity contribution is -0.137. The lowest BCUT2D eigenvalue weighted by Crippen LogP contribution is -2.48. The number of aliphatic hydroxyl groups excluding tert-OH is 1. The van der Waals surface area contributed by atoms with Crippen molar-refractivity contribution >= 4 is 17.5 Å². The Morgan fingerprint density at radius 3 is 2.51 bits per heavy atom. The van der Waals surface area contributed by atoms with Crippen LogP contribution >= 0.6 is 0 Å². The van der Waals surface area contributed by atoms with Gasteiger partial charge >= 0.3 is 6.18 Å². The second-order valence-electron chi connectivity index (χ2n) is 9.60. The lowest BCUT2D eigenvalue weighted by Gasteiger charge is -2.40. The summed E-state index contributed by atoms with van der Waals surface area (Å²) in [4.78, 5) is 22.5. The molecule has 2 heterocycles. The molecular weight excluding hydrogens is 499 g/mol. The summed E-state index contributed by atoms with van der Waals surface area (Å²) in [6.07, 6.45) is -4.23. The van der Waals surface area contributed by atoms with E-state index in [9.17, 15) is 27.5 Å². The van der Waals surface area contributed by atoms with Crippen LogP contribution in [0.4, 0.5) is 33.6 Å². The number of nitrogens with two attached hydrogens (primary N) is 1. The number of piperidine rings is 1. The number of carbonyl (C=O) groups excluding carboxylic acids is 1. The maximum Gasteiger partial charge on any atom is 0.416 e. The fraction of sp³-hybridized carbons (Fsp3) is 0.542. The van der Waals surface area contributed by atoms with Gasteiger partial charge in [-0.15, -0.1) is 0 Å². The van der Waals surface area contributed by atoms with E-state index < -0.39 is 35.7 Å². The molecule has 1 saturated carbocycles. The van der Waals surface area contributed by atoms with Gasteiger partial charge in [-0.1, -0.05) is 12.1 Å². The predicted molar refractivity (Wildman–Crippen MR) is 126 cm³/mol. The first-order valence-corrected chi connectivity index (χ1v) is 12.0. The number of aromatic nitrogens is 2. The Morgan fingerprint density at radius 2 is 1.92 bits per heavy atom. The molecule has 0 unspecified atom stereocenters. The highest BCUT2D eigenvalue weighted by atomic mass is 19.4. The van der Waals surface area contributed by atoms with Gasteiger partial charge in [-0.25, -0.2) is 14.4 Å². The van der Waals surface area contributed by atoms with Gasteiger partial charge in [0.05, 0.1) is 18.2 Å². The van der Waals surface area contributed by atoms with Gasteiger partial charge in [-0.2, -0.15) is 17.6 Å². The van der Waals surface area contributed by atoms with Crippen molar-refractivity contribution in [2.45, 2.75) is 50.3 Å². The molecule has 1 aromatic heterocycles. The number of β-amino-alcohol motifs (C(OH)–C–C–N with tert-alkyl or cyclic N) is 1. The summed E-state index contributed by atoms with van der Waals surface area (Å²) in [5.41, 5.74) is 4.91. The first-order chi connectivity index (χ1) is 17.5. The van der Waals surface area contributed by atoms with E-state index >= 15 is 4.39 Å². The molecule has 1 saturated heterocycles. The highest BCUT2D eigenvalue weighted by Crippen LogP contribution is 2.35. The molecule has 202 valence electrons. The number of amides is 1. The van der Waals surface area contributed by atoms with Crippen molar-refractivity contribution < 1.29 is 31.9 Å². The summed E-state index contributed by atoms with van der Waals surface area (Å²) in [5.74, 6) is -1.64. The minimum Gasteiger partial charge on any atom is -0.391 e. The number of halogens is 5. The molecule has 0 radical (unpaired) electrons. The lowest BCUT2D eigenvalue weighted by atomic mass is 9.89. The van der Waals surface area contributed by atoms with Gasteiger partial charge in [0.15, 0.2) is 11.6 Å². The normalized spacial score (nSPS) is 24.4. The third kappa shape index (κ3) is 6.63. The van der Waals surface area contributed by atoms with E-state index in [0.717, 1.165) is 18.5 Å². The maximum atomic E-state index is 15.5. The molecule has 1 aliphatic heterocycles.